The third-order valence-corrected chi connectivity index (χ3v) is 4.46. The molecule has 106 valence electrons. The molecule has 3 heteroatoms. The van der Waals surface area contributed by atoms with Crippen molar-refractivity contribution in [3.63, 3.8) is 0 Å². The Balaban J connectivity index is 2.16. The second kappa shape index (κ2) is 6.62. The lowest BCUT2D eigenvalue weighted by atomic mass is 9.94. The zero-order valence-electron chi connectivity index (χ0n) is 12.2. The quantitative estimate of drug-likeness (QED) is 0.799. The van der Waals surface area contributed by atoms with E-state index in [1.165, 1.54) is 30.4 Å². The van der Waals surface area contributed by atoms with Gasteiger partial charge in [-0.25, -0.2) is 0 Å². The van der Waals surface area contributed by atoms with E-state index >= 15 is 0 Å². The van der Waals surface area contributed by atoms with Crippen LogP contribution in [0.1, 0.15) is 55.3 Å². The van der Waals surface area contributed by atoms with Gasteiger partial charge in [-0.1, -0.05) is 31.4 Å². The van der Waals surface area contributed by atoms with Crippen LogP contribution in [0.2, 0.25) is 5.02 Å². The number of rotatable bonds is 5. The third kappa shape index (κ3) is 3.24. The van der Waals surface area contributed by atoms with Crippen molar-refractivity contribution >= 4 is 11.6 Å². The average Bonchev–Trinajstić information content (AvgIpc) is 2.41. The molecule has 0 saturated carbocycles. The number of fused-ring (bicyclic) bond motifs is 1. The highest BCUT2D eigenvalue weighted by atomic mass is 35.5. The van der Waals surface area contributed by atoms with E-state index in [-0.39, 0.29) is 0 Å². The largest absolute Gasteiger partial charge is 0.493 e. The van der Waals surface area contributed by atoms with Crippen molar-refractivity contribution in [3.8, 4) is 5.75 Å². The molecule has 1 N–H and O–H groups in total. The van der Waals surface area contributed by atoms with E-state index in [1.807, 2.05) is 6.92 Å². The molecule has 0 aromatic heterocycles. The lowest BCUT2D eigenvalue weighted by molar-refractivity contribution is 0.251. The number of aryl methyl sites for hydroxylation is 1. The predicted molar refractivity (Wildman–Crippen MR) is 81.3 cm³/mol. The van der Waals surface area contributed by atoms with Crippen molar-refractivity contribution < 1.29 is 4.74 Å². The minimum absolute atomic E-state index is 0.388. The first-order valence-electron chi connectivity index (χ1n) is 7.31. The standard InChI is InChI=1S/C16H24ClNO/c1-4-5-6-8-18-13-7-9-19-14-10-11(2)16(17)12(3)15(13)14/h10,13,18H,4-9H2,1-3H3. The molecule has 19 heavy (non-hydrogen) atoms. The molecule has 1 atom stereocenters. The molecule has 1 aromatic rings. The topological polar surface area (TPSA) is 21.3 Å². The van der Waals surface area contributed by atoms with Crippen LogP contribution in [0.3, 0.4) is 0 Å². The van der Waals surface area contributed by atoms with Crippen LogP contribution >= 0.6 is 11.6 Å². The number of ether oxygens (including phenoxy) is 1. The Kier molecular flexibility index (Phi) is 5.12. The number of halogens is 1. The van der Waals surface area contributed by atoms with Crippen LogP contribution < -0.4 is 10.1 Å². The zero-order chi connectivity index (χ0) is 13.8. The Morgan fingerprint density at radius 1 is 1.37 bits per heavy atom. The van der Waals surface area contributed by atoms with Crippen LogP contribution in [0.25, 0.3) is 0 Å². The SMILES string of the molecule is CCCCCNC1CCOc2cc(C)c(Cl)c(C)c21. The first-order valence-corrected chi connectivity index (χ1v) is 7.68. The molecule has 1 aliphatic heterocycles. The lowest BCUT2D eigenvalue weighted by Crippen LogP contribution is -2.28. The fourth-order valence-corrected chi connectivity index (χ4v) is 2.93. The van der Waals surface area contributed by atoms with Crippen molar-refractivity contribution in [3.05, 3.63) is 27.8 Å². The van der Waals surface area contributed by atoms with Crippen molar-refractivity contribution in [2.24, 2.45) is 0 Å². The van der Waals surface area contributed by atoms with E-state index in [1.54, 1.807) is 0 Å². The number of hydrogen-bond acceptors (Lipinski definition) is 2. The van der Waals surface area contributed by atoms with Crippen LogP contribution in [0.5, 0.6) is 5.75 Å². The average molecular weight is 282 g/mol. The van der Waals surface area contributed by atoms with E-state index < -0.39 is 0 Å². The van der Waals surface area contributed by atoms with Gasteiger partial charge < -0.3 is 10.1 Å². The van der Waals surface area contributed by atoms with Crippen molar-refractivity contribution in [1.82, 2.24) is 5.32 Å². The van der Waals surface area contributed by atoms with Gasteiger partial charge in [-0.2, -0.15) is 0 Å². The maximum Gasteiger partial charge on any atom is 0.124 e. The molecule has 1 aliphatic rings. The normalized spacial score (nSPS) is 18.0. The summed E-state index contributed by atoms with van der Waals surface area (Å²) < 4.78 is 5.80. The molecular weight excluding hydrogens is 258 g/mol. The van der Waals surface area contributed by atoms with E-state index in [2.05, 4.69) is 25.2 Å². The zero-order valence-corrected chi connectivity index (χ0v) is 12.9. The fourth-order valence-electron chi connectivity index (χ4n) is 2.78. The van der Waals surface area contributed by atoms with E-state index in [0.717, 1.165) is 35.9 Å². The predicted octanol–water partition coefficient (Wildman–Crippen LogP) is 4.56. The summed E-state index contributed by atoms with van der Waals surface area (Å²) in [4.78, 5) is 0. The molecule has 2 nitrogen and oxygen atoms in total. The van der Waals surface area contributed by atoms with Gasteiger partial charge in [0.15, 0.2) is 0 Å². The van der Waals surface area contributed by atoms with Gasteiger partial charge >= 0.3 is 0 Å². The molecule has 0 radical (unpaired) electrons. The van der Waals surface area contributed by atoms with Crippen molar-refractivity contribution in [2.75, 3.05) is 13.2 Å². The molecule has 0 fully saturated rings. The van der Waals surface area contributed by atoms with Crippen molar-refractivity contribution in [1.29, 1.82) is 0 Å². The Hall–Kier alpha value is -0.730. The highest BCUT2D eigenvalue weighted by Gasteiger charge is 2.25. The van der Waals surface area contributed by atoms with E-state index in [4.69, 9.17) is 16.3 Å². The Morgan fingerprint density at radius 2 is 2.16 bits per heavy atom. The van der Waals surface area contributed by atoms with Gasteiger partial charge in [0.05, 0.1) is 6.61 Å². The number of hydrogen-bond donors (Lipinski definition) is 1. The second-order valence-electron chi connectivity index (χ2n) is 5.40. The molecule has 0 bridgehead atoms. The molecule has 1 unspecified atom stereocenters. The summed E-state index contributed by atoms with van der Waals surface area (Å²) in [6.45, 7) is 8.24. The maximum atomic E-state index is 6.38. The van der Waals surface area contributed by atoms with Crippen LogP contribution in [0.15, 0.2) is 6.07 Å². The van der Waals surface area contributed by atoms with Gasteiger partial charge in [0.1, 0.15) is 5.75 Å². The molecule has 1 aromatic carbocycles. The lowest BCUT2D eigenvalue weighted by Gasteiger charge is -2.29. The Morgan fingerprint density at radius 3 is 2.89 bits per heavy atom. The van der Waals surface area contributed by atoms with Crippen LogP contribution in [-0.4, -0.2) is 13.2 Å². The first kappa shape index (κ1) is 14.7. The van der Waals surface area contributed by atoms with E-state index in [9.17, 15) is 0 Å². The summed E-state index contributed by atoms with van der Waals surface area (Å²) >= 11 is 6.38. The van der Waals surface area contributed by atoms with Gasteiger partial charge in [0.25, 0.3) is 0 Å². The van der Waals surface area contributed by atoms with E-state index in [0.29, 0.717) is 6.04 Å². The van der Waals surface area contributed by atoms with Crippen LogP contribution in [-0.2, 0) is 0 Å². The summed E-state index contributed by atoms with van der Waals surface area (Å²) in [5.41, 5.74) is 3.53. The van der Waals surface area contributed by atoms with Gasteiger partial charge in [0.2, 0.25) is 0 Å². The molecular formula is C16H24ClNO. The van der Waals surface area contributed by atoms with Crippen molar-refractivity contribution in [2.45, 2.75) is 52.5 Å². The van der Waals surface area contributed by atoms with Gasteiger partial charge in [-0.15, -0.1) is 0 Å². The maximum absolute atomic E-state index is 6.38. The summed E-state index contributed by atoms with van der Waals surface area (Å²) in [6.07, 6.45) is 4.81. The highest BCUT2D eigenvalue weighted by molar-refractivity contribution is 6.32. The summed E-state index contributed by atoms with van der Waals surface area (Å²) in [6, 6.07) is 2.46. The van der Waals surface area contributed by atoms with Gasteiger partial charge in [-0.05, 0) is 44.0 Å². The number of unbranched alkanes of at least 4 members (excludes halogenated alkanes) is 2. The molecule has 0 amide bonds. The number of benzene rings is 1. The monoisotopic (exact) mass is 281 g/mol. The van der Waals surface area contributed by atoms with Gasteiger partial charge in [0, 0.05) is 23.0 Å². The molecule has 1 heterocycles. The minimum Gasteiger partial charge on any atom is -0.493 e. The molecule has 2 rings (SSSR count). The first-order chi connectivity index (χ1) is 9.15. The Bertz CT molecular complexity index is 445. The summed E-state index contributed by atoms with van der Waals surface area (Å²) in [5.74, 6) is 1.01. The summed E-state index contributed by atoms with van der Waals surface area (Å²) in [7, 11) is 0. The molecule has 0 spiro atoms. The fraction of sp³-hybridized carbons (Fsp3) is 0.625. The van der Waals surface area contributed by atoms with Crippen LogP contribution in [0.4, 0.5) is 0 Å². The summed E-state index contributed by atoms with van der Waals surface area (Å²) in [5, 5.41) is 4.54. The third-order valence-electron chi connectivity index (χ3n) is 3.88. The second-order valence-corrected chi connectivity index (χ2v) is 5.77. The number of nitrogens with one attached hydrogen (secondary N) is 1. The smallest absolute Gasteiger partial charge is 0.124 e. The molecule has 0 saturated heterocycles. The Labute approximate surface area is 121 Å². The van der Waals surface area contributed by atoms with Gasteiger partial charge in [-0.3, -0.25) is 0 Å². The molecule has 0 aliphatic carbocycles. The van der Waals surface area contributed by atoms with Crippen LogP contribution in [0, 0.1) is 13.8 Å². The highest BCUT2D eigenvalue weighted by Crippen LogP contribution is 2.39. The minimum atomic E-state index is 0.388.